The third-order valence-corrected chi connectivity index (χ3v) is 5.88. The lowest BCUT2D eigenvalue weighted by Crippen LogP contribution is -2.29. The lowest BCUT2D eigenvalue weighted by Gasteiger charge is -2.11. The molecule has 1 amide bonds. The minimum absolute atomic E-state index is 0.106. The molecule has 3 aromatic rings. The summed E-state index contributed by atoms with van der Waals surface area (Å²) in [6.07, 6.45) is 0. The number of amides is 1. The minimum atomic E-state index is -3.69. The van der Waals surface area contributed by atoms with Crippen molar-refractivity contribution in [3.8, 4) is 5.75 Å². The first-order valence-corrected chi connectivity index (χ1v) is 11.6. The summed E-state index contributed by atoms with van der Waals surface area (Å²) >= 11 is 0. The molecule has 33 heavy (non-hydrogen) atoms. The Morgan fingerprint density at radius 2 is 1.64 bits per heavy atom. The highest BCUT2D eigenvalue weighted by Gasteiger charge is 2.13. The first-order chi connectivity index (χ1) is 15.7. The summed E-state index contributed by atoms with van der Waals surface area (Å²) in [5.41, 5.74) is 2.12. The van der Waals surface area contributed by atoms with Crippen LogP contribution in [0, 0.1) is 6.92 Å². The number of nitrogens with zero attached hydrogens (tertiary/aromatic N) is 2. The van der Waals surface area contributed by atoms with Gasteiger partial charge < -0.3 is 20.7 Å². The lowest BCUT2D eigenvalue weighted by atomic mass is 10.3. The van der Waals surface area contributed by atoms with Gasteiger partial charge >= 0.3 is 0 Å². The molecule has 174 valence electrons. The summed E-state index contributed by atoms with van der Waals surface area (Å²) in [7, 11) is -2.08. The standard InChI is InChI=1S/C22H26N6O4S/c1-15-14-21(27-18-4-8-19(32-3)9-5-18)28-22(25-15)23-12-13-24-33(30,31)20-10-6-17(7-11-20)26-16(2)29/h4-11,14,24H,12-13H2,1-3H3,(H,26,29)(H2,23,25,27,28). The van der Waals surface area contributed by atoms with Crippen molar-refractivity contribution in [1.82, 2.24) is 14.7 Å². The van der Waals surface area contributed by atoms with E-state index in [0.717, 1.165) is 17.1 Å². The zero-order chi connectivity index (χ0) is 23.8. The van der Waals surface area contributed by atoms with E-state index in [1.807, 2.05) is 37.3 Å². The van der Waals surface area contributed by atoms with Crippen molar-refractivity contribution in [2.75, 3.05) is 36.1 Å². The Morgan fingerprint density at radius 3 is 2.27 bits per heavy atom. The van der Waals surface area contributed by atoms with Crippen molar-refractivity contribution in [3.63, 3.8) is 0 Å². The molecule has 0 atom stereocenters. The molecule has 1 aromatic heterocycles. The summed E-state index contributed by atoms with van der Waals surface area (Å²) in [5.74, 6) is 1.52. The Kier molecular flexibility index (Phi) is 7.80. The Morgan fingerprint density at radius 1 is 0.970 bits per heavy atom. The third-order valence-electron chi connectivity index (χ3n) is 4.40. The molecule has 0 bridgehead atoms. The fourth-order valence-electron chi connectivity index (χ4n) is 2.90. The van der Waals surface area contributed by atoms with Gasteiger partial charge in [0, 0.05) is 43.1 Å². The number of nitrogens with one attached hydrogen (secondary N) is 4. The van der Waals surface area contributed by atoms with Crippen LogP contribution in [0.2, 0.25) is 0 Å². The van der Waals surface area contributed by atoms with Gasteiger partial charge in [-0.15, -0.1) is 0 Å². The predicted molar refractivity (Wildman–Crippen MR) is 127 cm³/mol. The molecule has 0 aliphatic heterocycles. The Hall–Kier alpha value is -3.70. The SMILES string of the molecule is COc1ccc(Nc2cc(C)nc(NCCNS(=O)(=O)c3ccc(NC(C)=O)cc3)n2)cc1. The highest BCUT2D eigenvalue weighted by atomic mass is 32.2. The van der Waals surface area contributed by atoms with E-state index in [1.54, 1.807) is 7.11 Å². The molecule has 10 nitrogen and oxygen atoms in total. The van der Waals surface area contributed by atoms with Crippen LogP contribution in [0.1, 0.15) is 12.6 Å². The highest BCUT2D eigenvalue weighted by Crippen LogP contribution is 2.20. The fourth-order valence-corrected chi connectivity index (χ4v) is 3.93. The van der Waals surface area contributed by atoms with E-state index in [4.69, 9.17) is 4.74 Å². The van der Waals surface area contributed by atoms with Gasteiger partial charge in [0.25, 0.3) is 0 Å². The summed E-state index contributed by atoms with van der Waals surface area (Å²) < 4.78 is 32.6. The number of carbonyl (C=O) groups is 1. The van der Waals surface area contributed by atoms with Gasteiger partial charge in [-0.1, -0.05) is 0 Å². The average Bonchev–Trinajstić information content (AvgIpc) is 2.77. The van der Waals surface area contributed by atoms with E-state index >= 15 is 0 Å². The lowest BCUT2D eigenvalue weighted by molar-refractivity contribution is -0.114. The van der Waals surface area contributed by atoms with Gasteiger partial charge in [0.2, 0.25) is 21.9 Å². The van der Waals surface area contributed by atoms with Crippen LogP contribution >= 0.6 is 0 Å². The molecule has 11 heteroatoms. The van der Waals surface area contributed by atoms with Crippen molar-refractivity contribution in [3.05, 3.63) is 60.3 Å². The molecule has 0 radical (unpaired) electrons. The number of hydrogen-bond donors (Lipinski definition) is 4. The largest absolute Gasteiger partial charge is 0.497 e. The van der Waals surface area contributed by atoms with E-state index in [2.05, 4.69) is 30.6 Å². The van der Waals surface area contributed by atoms with E-state index < -0.39 is 10.0 Å². The average molecular weight is 471 g/mol. The summed E-state index contributed by atoms with van der Waals surface area (Å²) in [4.78, 5) is 19.9. The number of methoxy groups -OCH3 is 1. The fraction of sp³-hybridized carbons (Fsp3) is 0.227. The third kappa shape index (κ3) is 7.16. The van der Waals surface area contributed by atoms with Gasteiger partial charge in [-0.3, -0.25) is 4.79 Å². The number of benzene rings is 2. The Balaban J connectivity index is 1.54. The number of sulfonamides is 1. The molecule has 3 rings (SSSR count). The maximum atomic E-state index is 12.5. The van der Waals surface area contributed by atoms with Crippen molar-refractivity contribution in [1.29, 1.82) is 0 Å². The zero-order valence-corrected chi connectivity index (χ0v) is 19.4. The van der Waals surface area contributed by atoms with E-state index in [-0.39, 0.29) is 23.9 Å². The second kappa shape index (κ2) is 10.7. The van der Waals surface area contributed by atoms with Gasteiger partial charge in [-0.05, 0) is 55.5 Å². The van der Waals surface area contributed by atoms with Crippen LogP contribution in [0.3, 0.4) is 0 Å². The maximum Gasteiger partial charge on any atom is 0.240 e. The minimum Gasteiger partial charge on any atom is -0.497 e. The molecule has 0 aliphatic carbocycles. The summed E-state index contributed by atoms with van der Waals surface area (Å²) in [5, 5.41) is 8.83. The first kappa shape index (κ1) is 24.0. The summed E-state index contributed by atoms with van der Waals surface area (Å²) in [6, 6.07) is 15.2. The highest BCUT2D eigenvalue weighted by molar-refractivity contribution is 7.89. The number of hydrogen-bond acceptors (Lipinski definition) is 8. The molecular formula is C22H26N6O4S. The van der Waals surface area contributed by atoms with Crippen LogP contribution < -0.4 is 25.4 Å². The molecule has 0 unspecified atom stereocenters. The normalized spacial score (nSPS) is 11.0. The number of carbonyl (C=O) groups excluding carboxylic acids is 1. The summed E-state index contributed by atoms with van der Waals surface area (Å²) in [6.45, 7) is 3.65. The molecule has 1 heterocycles. The smallest absolute Gasteiger partial charge is 0.240 e. The zero-order valence-electron chi connectivity index (χ0n) is 18.5. The maximum absolute atomic E-state index is 12.5. The van der Waals surface area contributed by atoms with Gasteiger partial charge in [0.1, 0.15) is 11.6 Å². The van der Waals surface area contributed by atoms with Crippen LogP contribution in [0.25, 0.3) is 0 Å². The molecule has 2 aromatic carbocycles. The number of aromatic nitrogens is 2. The second-order valence-corrected chi connectivity index (χ2v) is 8.87. The van der Waals surface area contributed by atoms with E-state index in [1.165, 1.54) is 31.2 Å². The molecule has 0 saturated carbocycles. The van der Waals surface area contributed by atoms with Crippen molar-refractivity contribution in [2.45, 2.75) is 18.7 Å². The second-order valence-electron chi connectivity index (χ2n) is 7.10. The van der Waals surface area contributed by atoms with Crippen LogP contribution in [0.5, 0.6) is 5.75 Å². The number of rotatable bonds is 10. The molecule has 0 fully saturated rings. The van der Waals surface area contributed by atoms with Crippen LogP contribution in [0.15, 0.2) is 59.5 Å². The number of anilines is 4. The van der Waals surface area contributed by atoms with E-state index in [0.29, 0.717) is 17.5 Å². The topological polar surface area (TPSA) is 134 Å². The quantitative estimate of drug-likeness (QED) is 0.332. The van der Waals surface area contributed by atoms with Gasteiger partial charge in [0.15, 0.2) is 0 Å². The first-order valence-electron chi connectivity index (χ1n) is 10.1. The van der Waals surface area contributed by atoms with Gasteiger partial charge in [-0.2, -0.15) is 4.98 Å². The van der Waals surface area contributed by atoms with Gasteiger partial charge in [0.05, 0.1) is 12.0 Å². The van der Waals surface area contributed by atoms with E-state index in [9.17, 15) is 13.2 Å². The predicted octanol–water partition coefficient (Wildman–Crippen LogP) is 2.89. The number of ether oxygens (including phenoxy) is 1. The Bertz CT molecular complexity index is 1200. The van der Waals surface area contributed by atoms with Crippen molar-refractivity contribution in [2.24, 2.45) is 0 Å². The van der Waals surface area contributed by atoms with Crippen LogP contribution in [0.4, 0.5) is 23.1 Å². The molecule has 4 N–H and O–H groups in total. The van der Waals surface area contributed by atoms with Crippen LogP contribution in [-0.4, -0.2) is 44.5 Å². The van der Waals surface area contributed by atoms with Crippen molar-refractivity contribution >= 4 is 39.1 Å². The monoisotopic (exact) mass is 470 g/mol. The Labute approximate surface area is 192 Å². The number of aryl methyl sites for hydroxylation is 1. The molecule has 0 saturated heterocycles. The molecular weight excluding hydrogens is 444 g/mol. The molecule has 0 spiro atoms. The van der Waals surface area contributed by atoms with Crippen LogP contribution in [-0.2, 0) is 14.8 Å². The van der Waals surface area contributed by atoms with Gasteiger partial charge in [-0.25, -0.2) is 18.1 Å². The van der Waals surface area contributed by atoms with Crippen molar-refractivity contribution < 1.29 is 17.9 Å². The molecule has 0 aliphatic rings.